The molecule has 0 aliphatic heterocycles. The number of anilines is 1. The summed E-state index contributed by atoms with van der Waals surface area (Å²) in [6.07, 6.45) is 0.788. The molecule has 9 nitrogen and oxygen atoms in total. The summed E-state index contributed by atoms with van der Waals surface area (Å²) < 4.78 is 16.1. The number of hydrogen-bond acceptors (Lipinski definition) is 6. The quantitative estimate of drug-likeness (QED) is 0.392. The summed E-state index contributed by atoms with van der Waals surface area (Å²) in [5.74, 6) is -0.644. The van der Waals surface area contributed by atoms with E-state index < -0.39 is 5.82 Å². The summed E-state index contributed by atoms with van der Waals surface area (Å²) in [7, 11) is 1.59. The van der Waals surface area contributed by atoms with Gasteiger partial charge in [-0.3, -0.25) is 23.4 Å². The maximum Gasteiger partial charge on any atom is 0.262 e. The fourth-order valence-corrected chi connectivity index (χ4v) is 4.10. The van der Waals surface area contributed by atoms with Crippen molar-refractivity contribution in [2.24, 2.45) is 7.05 Å². The average molecular weight is 483 g/mol. The molecule has 0 bridgehead atoms. The van der Waals surface area contributed by atoms with E-state index in [2.05, 4.69) is 20.8 Å². The highest BCUT2D eigenvalue weighted by Crippen LogP contribution is 2.23. The minimum absolute atomic E-state index is 0.00695. The molecule has 176 valence electrons. The summed E-state index contributed by atoms with van der Waals surface area (Å²) in [5, 5.41) is 14.7. The Kier molecular flexibility index (Phi) is 6.64. The zero-order valence-corrected chi connectivity index (χ0v) is 19.6. The summed E-state index contributed by atoms with van der Waals surface area (Å²) in [6.45, 7) is 3.89. The minimum Gasteiger partial charge on any atom is -0.350 e. The lowest BCUT2D eigenvalue weighted by Crippen LogP contribution is -2.32. The van der Waals surface area contributed by atoms with Gasteiger partial charge in [-0.25, -0.2) is 4.39 Å². The van der Waals surface area contributed by atoms with Crippen LogP contribution in [0.3, 0.4) is 0 Å². The number of carbonyl (C=O) groups excluding carboxylic acids is 2. The van der Waals surface area contributed by atoms with E-state index in [4.69, 9.17) is 0 Å². The molecule has 2 N–H and O–H groups in total. The molecule has 11 heteroatoms. The van der Waals surface area contributed by atoms with Crippen LogP contribution in [0.1, 0.15) is 30.6 Å². The van der Waals surface area contributed by atoms with Crippen molar-refractivity contribution in [3.8, 4) is 0 Å². The molecule has 1 unspecified atom stereocenters. The van der Waals surface area contributed by atoms with Crippen LogP contribution < -0.4 is 16.2 Å². The van der Waals surface area contributed by atoms with Crippen LogP contribution in [0.5, 0.6) is 0 Å². The topological polar surface area (TPSA) is 110 Å². The fourth-order valence-electron chi connectivity index (χ4n) is 3.36. The molecule has 0 spiro atoms. The van der Waals surface area contributed by atoms with E-state index in [9.17, 15) is 18.8 Å². The second-order valence-electron chi connectivity index (χ2n) is 7.84. The molecule has 0 aliphatic rings. The van der Waals surface area contributed by atoms with Crippen molar-refractivity contribution in [3.05, 3.63) is 64.2 Å². The summed E-state index contributed by atoms with van der Waals surface area (Å²) in [6, 6.07) is 10.3. The van der Waals surface area contributed by atoms with Gasteiger partial charge in [0.1, 0.15) is 5.82 Å². The van der Waals surface area contributed by atoms with Crippen molar-refractivity contribution < 1.29 is 14.0 Å². The van der Waals surface area contributed by atoms with E-state index in [0.29, 0.717) is 33.1 Å². The number of hydrogen-bond donors (Lipinski definition) is 2. The Hall–Kier alpha value is -3.73. The predicted octanol–water partition coefficient (Wildman–Crippen LogP) is 2.98. The Balaban J connectivity index is 1.67. The molecule has 2 heterocycles. The second-order valence-corrected chi connectivity index (χ2v) is 8.78. The normalized spacial score (nSPS) is 12.1. The van der Waals surface area contributed by atoms with Crippen molar-refractivity contribution in [1.82, 2.24) is 24.5 Å². The number of aryl methyl sites for hydroxylation is 1. The van der Waals surface area contributed by atoms with Crippen molar-refractivity contribution in [1.29, 1.82) is 0 Å². The van der Waals surface area contributed by atoms with Gasteiger partial charge in [-0.15, -0.1) is 10.2 Å². The Morgan fingerprint density at radius 1 is 1.15 bits per heavy atom. The maximum atomic E-state index is 13.1. The highest BCUT2D eigenvalue weighted by atomic mass is 32.2. The lowest BCUT2D eigenvalue weighted by atomic mass is 10.1. The molecule has 34 heavy (non-hydrogen) atoms. The molecule has 2 amide bonds. The third kappa shape index (κ3) is 4.65. The van der Waals surface area contributed by atoms with Crippen LogP contribution in [-0.2, 0) is 11.8 Å². The maximum absolute atomic E-state index is 13.1. The van der Waals surface area contributed by atoms with Crippen LogP contribution in [0.25, 0.3) is 16.7 Å². The smallest absolute Gasteiger partial charge is 0.262 e. The van der Waals surface area contributed by atoms with Crippen LogP contribution in [0.15, 0.2) is 52.4 Å². The van der Waals surface area contributed by atoms with Gasteiger partial charge in [-0.05, 0) is 55.8 Å². The van der Waals surface area contributed by atoms with Crippen LogP contribution in [0.2, 0.25) is 0 Å². The van der Waals surface area contributed by atoms with E-state index in [1.54, 1.807) is 29.6 Å². The molecule has 0 saturated carbocycles. The van der Waals surface area contributed by atoms with Crippen molar-refractivity contribution >= 4 is 45.9 Å². The average Bonchev–Trinajstić information content (AvgIpc) is 3.26. The van der Waals surface area contributed by atoms with Gasteiger partial charge >= 0.3 is 0 Å². The number of carbonyl (C=O) groups is 2. The Bertz CT molecular complexity index is 1450. The summed E-state index contributed by atoms with van der Waals surface area (Å²) in [4.78, 5) is 37.9. The van der Waals surface area contributed by atoms with E-state index in [1.807, 2.05) is 13.8 Å². The molecular weight excluding hydrogens is 459 g/mol. The van der Waals surface area contributed by atoms with Gasteiger partial charge in [0, 0.05) is 24.3 Å². The molecule has 0 fully saturated rings. The fraction of sp³-hybridized carbons (Fsp3) is 0.261. The molecule has 0 radical (unpaired) electrons. The third-order valence-corrected chi connectivity index (χ3v) is 6.33. The number of fused-ring (bicyclic) bond motifs is 3. The zero-order valence-electron chi connectivity index (χ0n) is 18.8. The molecule has 1 atom stereocenters. The first kappa shape index (κ1) is 23.4. The number of nitrogens with one attached hydrogen (secondary N) is 2. The Labute approximate surface area is 198 Å². The molecular formula is C23H23FN6O3S. The molecule has 0 aliphatic carbocycles. The lowest BCUT2D eigenvalue weighted by Gasteiger charge is -2.13. The highest BCUT2D eigenvalue weighted by Gasteiger charge is 2.18. The number of rotatable bonds is 7. The Morgan fingerprint density at radius 3 is 2.59 bits per heavy atom. The van der Waals surface area contributed by atoms with Gasteiger partial charge in [0.15, 0.2) is 5.16 Å². The lowest BCUT2D eigenvalue weighted by molar-refractivity contribution is -0.113. The van der Waals surface area contributed by atoms with Crippen LogP contribution >= 0.6 is 11.8 Å². The number of aromatic nitrogens is 4. The molecule has 2 aromatic heterocycles. The van der Waals surface area contributed by atoms with Crippen LogP contribution in [0.4, 0.5) is 10.1 Å². The van der Waals surface area contributed by atoms with Crippen molar-refractivity contribution in [2.45, 2.75) is 31.5 Å². The van der Waals surface area contributed by atoms with Crippen molar-refractivity contribution in [3.63, 3.8) is 0 Å². The van der Waals surface area contributed by atoms with Gasteiger partial charge in [0.05, 0.1) is 16.7 Å². The first-order chi connectivity index (χ1) is 16.3. The first-order valence-electron chi connectivity index (χ1n) is 10.7. The van der Waals surface area contributed by atoms with Gasteiger partial charge in [0.25, 0.3) is 11.5 Å². The Morgan fingerprint density at radius 2 is 1.88 bits per heavy atom. The SMILES string of the molecule is CCC(C)NC(=O)c1ccc2c(=O)n(C)c3nnc(SCC(=O)Nc4ccc(F)cc4)n3c2c1. The summed E-state index contributed by atoms with van der Waals surface area (Å²) >= 11 is 1.13. The molecule has 2 aromatic carbocycles. The highest BCUT2D eigenvalue weighted by molar-refractivity contribution is 7.99. The molecule has 4 aromatic rings. The van der Waals surface area contributed by atoms with Crippen LogP contribution in [0, 0.1) is 5.82 Å². The minimum atomic E-state index is -0.392. The molecule has 0 saturated heterocycles. The van der Waals surface area contributed by atoms with E-state index in [0.717, 1.165) is 18.2 Å². The number of halogens is 1. The van der Waals surface area contributed by atoms with E-state index in [1.165, 1.54) is 28.8 Å². The van der Waals surface area contributed by atoms with E-state index >= 15 is 0 Å². The van der Waals surface area contributed by atoms with Gasteiger partial charge in [-0.2, -0.15) is 0 Å². The number of nitrogens with zero attached hydrogens (tertiary/aromatic N) is 4. The van der Waals surface area contributed by atoms with Crippen molar-refractivity contribution in [2.75, 3.05) is 11.1 Å². The second kappa shape index (κ2) is 9.64. The number of amides is 2. The zero-order chi connectivity index (χ0) is 24.4. The van der Waals surface area contributed by atoms with Gasteiger partial charge < -0.3 is 10.6 Å². The number of thioether (sulfide) groups is 1. The first-order valence-corrected chi connectivity index (χ1v) is 11.6. The summed E-state index contributed by atoms with van der Waals surface area (Å²) in [5.41, 5.74) is 1.08. The standard InChI is InChI=1S/C23H23FN6O3S/c1-4-13(2)25-20(32)14-5-10-17-18(11-14)30-22(29(3)21(17)33)27-28-23(30)34-12-19(31)26-16-8-6-15(24)7-9-16/h5-11,13H,4,12H2,1-3H3,(H,25,32)(H,26,31). The predicted molar refractivity (Wildman–Crippen MR) is 129 cm³/mol. The van der Waals surface area contributed by atoms with Crippen LogP contribution in [-0.4, -0.2) is 42.8 Å². The largest absolute Gasteiger partial charge is 0.350 e. The van der Waals surface area contributed by atoms with Gasteiger partial charge in [-0.1, -0.05) is 18.7 Å². The third-order valence-electron chi connectivity index (χ3n) is 5.40. The van der Waals surface area contributed by atoms with E-state index in [-0.39, 0.29) is 29.2 Å². The molecule has 4 rings (SSSR count). The monoisotopic (exact) mass is 482 g/mol. The number of benzene rings is 2. The van der Waals surface area contributed by atoms with Gasteiger partial charge in [0.2, 0.25) is 11.7 Å².